The summed E-state index contributed by atoms with van der Waals surface area (Å²) < 4.78 is 0. The third-order valence-corrected chi connectivity index (χ3v) is 2.63. The second-order valence-corrected chi connectivity index (χ2v) is 4.12. The Hall–Kier alpha value is -1.08. The summed E-state index contributed by atoms with van der Waals surface area (Å²) in [5, 5.41) is 9.72. The van der Waals surface area contributed by atoms with Gasteiger partial charge in [0.05, 0.1) is 6.10 Å². The van der Waals surface area contributed by atoms with Crippen LogP contribution in [-0.2, 0) is 0 Å². The SMILES string of the molecule is CCC=CCCC(O)/C=C\C1C=CC=CC1. The summed E-state index contributed by atoms with van der Waals surface area (Å²) in [7, 11) is 0. The lowest BCUT2D eigenvalue weighted by Crippen LogP contribution is -2.02. The molecular weight excluding hydrogens is 196 g/mol. The highest BCUT2D eigenvalue weighted by molar-refractivity contribution is 5.15. The highest BCUT2D eigenvalue weighted by Gasteiger charge is 2.02. The molecule has 0 aromatic carbocycles. The molecule has 0 heterocycles. The van der Waals surface area contributed by atoms with Gasteiger partial charge in [0.25, 0.3) is 0 Å². The molecule has 0 aromatic heterocycles. The Morgan fingerprint density at radius 2 is 2.25 bits per heavy atom. The molecule has 0 aliphatic heterocycles. The average Bonchev–Trinajstić information content (AvgIpc) is 2.33. The summed E-state index contributed by atoms with van der Waals surface area (Å²) in [5.74, 6) is 0.464. The van der Waals surface area contributed by atoms with Gasteiger partial charge in [0.2, 0.25) is 0 Å². The van der Waals surface area contributed by atoms with Gasteiger partial charge in [-0.3, -0.25) is 0 Å². The van der Waals surface area contributed by atoms with Crippen LogP contribution in [-0.4, -0.2) is 11.2 Å². The van der Waals surface area contributed by atoms with Crippen LogP contribution in [0.15, 0.2) is 48.6 Å². The molecule has 0 amide bonds. The molecule has 0 radical (unpaired) electrons. The maximum absolute atomic E-state index is 9.72. The predicted octanol–water partition coefficient (Wildman–Crippen LogP) is 3.78. The van der Waals surface area contributed by atoms with Gasteiger partial charge in [-0.25, -0.2) is 0 Å². The van der Waals surface area contributed by atoms with E-state index in [0.717, 1.165) is 25.7 Å². The fraction of sp³-hybridized carbons (Fsp3) is 0.467. The quantitative estimate of drug-likeness (QED) is 0.673. The molecule has 0 saturated carbocycles. The number of hydrogen-bond acceptors (Lipinski definition) is 1. The van der Waals surface area contributed by atoms with Crippen molar-refractivity contribution in [2.75, 3.05) is 0 Å². The van der Waals surface area contributed by atoms with Crippen LogP contribution in [0.4, 0.5) is 0 Å². The lowest BCUT2D eigenvalue weighted by atomic mass is 9.99. The summed E-state index contributed by atoms with van der Waals surface area (Å²) in [4.78, 5) is 0. The molecule has 0 spiro atoms. The number of hydrogen-bond donors (Lipinski definition) is 1. The Bertz CT molecular complexity index is 284. The molecule has 1 heteroatoms. The minimum absolute atomic E-state index is 0.305. The van der Waals surface area contributed by atoms with E-state index >= 15 is 0 Å². The topological polar surface area (TPSA) is 20.2 Å². The van der Waals surface area contributed by atoms with E-state index in [9.17, 15) is 5.11 Å². The molecule has 1 aliphatic carbocycles. The minimum Gasteiger partial charge on any atom is -0.389 e. The summed E-state index contributed by atoms with van der Waals surface area (Å²) in [5.41, 5.74) is 0. The molecule has 16 heavy (non-hydrogen) atoms. The van der Waals surface area contributed by atoms with Gasteiger partial charge in [0.15, 0.2) is 0 Å². The highest BCUT2D eigenvalue weighted by Crippen LogP contribution is 2.13. The molecule has 88 valence electrons. The van der Waals surface area contributed by atoms with E-state index in [4.69, 9.17) is 0 Å². The first-order valence-electron chi connectivity index (χ1n) is 6.17. The number of allylic oxidation sites excluding steroid dienone is 7. The Balaban J connectivity index is 2.20. The van der Waals surface area contributed by atoms with Crippen LogP contribution in [0.2, 0.25) is 0 Å². The Labute approximate surface area is 98.9 Å². The van der Waals surface area contributed by atoms with E-state index in [1.54, 1.807) is 0 Å². The zero-order valence-electron chi connectivity index (χ0n) is 10.0. The van der Waals surface area contributed by atoms with Crippen molar-refractivity contribution in [3.05, 3.63) is 48.6 Å². The molecule has 0 saturated heterocycles. The number of aliphatic hydroxyl groups is 1. The van der Waals surface area contributed by atoms with Gasteiger partial charge < -0.3 is 5.11 Å². The first-order valence-corrected chi connectivity index (χ1v) is 6.17. The molecule has 2 unspecified atom stereocenters. The fourth-order valence-corrected chi connectivity index (χ4v) is 1.66. The van der Waals surface area contributed by atoms with E-state index in [2.05, 4.69) is 49.5 Å². The molecule has 1 aliphatic rings. The third kappa shape index (κ3) is 5.72. The maximum atomic E-state index is 9.72. The molecule has 2 atom stereocenters. The second kappa shape index (κ2) is 8.12. The lowest BCUT2D eigenvalue weighted by Gasteiger charge is -2.08. The maximum Gasteiger partial charge on any atom is 0.0724 e. The predicted molar refractivity (Wildman–Crippen MR) is 70.2 cm³/mol. The zero-order chi connectivity index (χ0) is 11.6. The largest absolute Gasteiger partial charge is 0.389 e. The highest BCUT2D eigenvalue weighted by atomic mass is 16.3. The summed E-state index contributed by atoms with van der Waals surface area (Å²) in [6, 6.07) is 0. The van der Waals surface area contributed by atoms with Crippen LogP contribution in [0.1, 0.15) is 32.6 Å². The van der Waals surface area contributed by atoms with Gasteiger partial charge in [0, 0.05) is 0 Å². The van der Waals surface area contributed by atoms with Gasteiger partial charge in [0.1, 0.15) is 0 Å². The molecule has 1 nitrogen and oxygen atoms in total. The van der Waals surface area contributed by atoms with E-state index in [-0.39, 0.29) is 6.10 Å². The van der Waals surface area contributed by atoms with Crippen LogP contribution in [0.5, 0.6) is 0 Å². The van der Waals surface area contributed by atoms with Crippen molar-refractivity contribution in [3.8, 4) is 0 Å². The van der Waals surface area contributed by atoms with Crippen LogP contribution in [0.3, 0.4) is 0 Å². The summed E-state index contributed by atoms with van der Waals surface area (Å²) in [6.07, 6.45) is 20.4. The fourth-order valence-electron chi connectivity index (χ4n) is 1.66. The van der Waals surface area contributed by atoms with Crippen LogP contribution < -0.4 is 0 Å². The number of aliphatic hydroxyl groups excluding tert-OH is 1. The van der Waals surface area contributed by atoms with Gasteiger partial charge >= 0.3 is 0 Å². The molecule has 0 fully saturated rings. The van der Waals surface area contributed by atoms with Gasteiger partial charge in [-0.2, -0.15) is 0 Å². The second-order valence-electron chi connectivity index (χ2n) is 4.12. The Morgan fingerprint density at radius 3 is 2.94 bits per heavy atom. The number of rotatable bonds is 6. The Kier molecular flexibility index (Phi) is 6.59. The standard InChI is InChI=1S/C15H22O/c1-2-3-4-8-11-15(16)13-12-14-9-6-5-7-10-14/h3-7,9,12-16H,2,8,10-11H2,1H3/b4-3?,13-12-. The van der Waals surface area contributed by atoms with Crippen molar-refractivity contribution >= 4 is 0 Å². The molecule has 0 bridgehead atoms. The smallest absolute Gasteiger partial charge is 0.0724 e. The lowest BCUT2D eigenvalue weighted by molar-refractivity contribution is 0.213. The van der Waals surface area contributed by atoms with Gasteiger partial charge in [-0.05, 0) is 31.6 Å². The Morgan fingerprint density at radius 1 is 1.38 bits per heavy atom. The van der Waals surface area contributed by atoms with E-state index in [1.165, 1.54) is 0 Å². The monoisotopic (exact) mass is 218 g/mol. The van der Waals surface area contributed by atoms with Crippen LogP contribution in [0.25, 0.3) is 0 Å². The van der Waals surface area contributed by atoms with Crippen molar-refractivity contribution in [2.24, 2.45) is 5.92 Å². The third-order valence-electron chi connectivity index (χ3n) is 2.63. The van der Waals surface area contributed by atoms with Crippen LogP contribution >= 0.6 is 0 Å². The summed E-state index contributed by atoms with van der Waals surface area (Å²) >= 11 is 0. The average molecular weight is 218 g/mol. The minimum atomic E-state index is -0.305. The van der Waals surface area contributed by atoms with Crippen LogP contribution in [0, 0.1) is 5.92 Å². The van der Waals surface area contributed by atoms with E-state index in [0.29, 0.717) is 5.92 Å². The van der Waals surface area contributed by atoms with Gasteiger partial charge in [-0.15, -0.1) is 0 Å². The first-order chi connectivity index (χ1) is 7.83. The van der Waals surface area contributed by atoms with Crippen molar-refractivity contribution in [2.45, 2.75) is 38.7 Å². The molecule has 1 N–H and O–H groups in total. The zero-order valence-corrected chi connectivity index (χ0v) is 10.0. The molecule has 1 rings (SSSR count). The summed E-state index contributed by atoms with van der Waals surface area (Å²) in [6.45, 7) is 2.12. The van der Waals surface area contributed by atoms with Crippen molar-refractivity contribution in [3.63, 3.8) is 0 Å². The van der Waals surface area contributed by atoms with Gasteiger partial charge in [-0.1, -0.05) is 55.5 Å². The van der Waals surface area contributed by atoms with Crippen molar-refractivity contribution < 1.29 is 5.11 Å². The normalized spacial score (nSPS) is 22.2. The van der Waals surface area contributed by atoms with Crippen molar-refractivity contribution in [1.82, 2.24) is 0 Å². The first kappa shape index (κ1) is 13.0. The van der Waals surface area contributed by atoms with E-state index < -0.39 is 0 Å². The molecule has 0 aromatic rings. The van der Waals surface area contributed by atoms with E-state index in [1.807, 2.05) is 6.08 Å². The van der Waals surface area contributed by atoms with Crippen molar-refractivity contribution in [1.29, 1.82) is 0 Å². The molecular formula is C15H22O.